The molecule has 0 aromatic heterocycles. The fraction of sp³-hybridized carbons (Fsp3) is 0.300. The molecule has 152 valence electrons. The van der Waals surface area contributed by atoms with Gasteiger partial charge in [0.1, 0.15) is 0 Å². The molecule has 2 saturated heterocycles. The zero-order chi connectivity index (χ0) is 20.6. The zero-order valence-corrected chi connectivity index (χ0v) is 18.4. The first-order valence-electron chi connectivity index (χ1n) is 9.03. The van der Waals surface area contributed by atoms with Crippen LogP contribution in [-0.4, -0.2) is 47.2 Å². The van der Waals surface area contributed by atoms with Crippen LogP contribution in [0, 0.1) is 0 Å². The first kappa shape index (κ1) is 20.7. The van der Waals surface area contributed by atoms with Gasteiger partial charge < -0.3 is 4.90 Å². The molecule has 0 spiro atoms. The van der Waals surface area contributed by atoms with Gasteiger partial charge in [0.05, 0.1) is 24.0 Å². The number of rotatable bonds is 4. The molecule has 0 aliphatic carbocycles. The van der Waals surface area contributed by atoms with Gasteiger partial charge in [0, 0.05) is 21.8 Å². The van der Waals surface area contributed by atoms with Gasteiger partial charge in [0.2, 0.25) is 0 Å². The molecule has 5 nitrogen and oxygen atoms in total. The van der Waals surface area contributed by atoms with E-state index in [1.807, 2.05) is 17.0 Å². The fourth-order valence-electron chi connectivity index (χ4n) is 3.53. The Labute approximate surface area is 184 Å². The van der Waals surface area contributed by atoms with E-state index in [0.29, 0.717) is 21.8 Å². The van der Waals surface area contributed by atoms with Crippen LogP contribution in [0.15, 0.2) is 53.5 Å². The third-order valence-corrected chi connectivity index (χ3v) is 8.68. The van der Waals surface area contributed by atoms with Crippen molar-refractivity contribution in [1.82, 2.24) is 4.90 Å². The molecule has 1 amide bonds. The second kappa shape index (κ2) is 8.30. The first-order valence-corrected chi connectivity index (χ1v) is 12.5. The standard InChI is InChI=1S/C20H18Cl2N2O3S2/c21-15-5-1-13(2-6-15)9-19(25)23-20-24(10-14-3-7-16(22)8-4-14)17-11-29(26,27)12-18(17)28-20/h1-8,17-18H,9-12H2/t17-,18+/m0/s1. The summed E-state index contributed by atoms with van der Waals surface area (Å²) in [5.74, 6) is -0.0641. The van der Waals surface area contributed by atoms with E-state index < -0.39 is 9.84 Å². The van der Waals surface area contributed by atoms with E-state index in [1.54, 1.807) is 36.4 Å². The largest absolute Gasteiger partial charge is 0.342 e. The maximum Gasteiger partial charge on any atom is 0.252 e. The molecule has 0 bridgehead atoms. The zero-order valence-electron chi connectivity index (χ0n) is 15.3. The number of carbonyl (C=O) groups is 1. The van der Waals surface area contributed by atoms with E-state index in [0.717, 1.165) is 11.1 Å². The smallest absolute Gasteiger partial charge is 0.252 e. The summed E-state index contributed by atoms with van der Waals surface area (Å²) in [7, 11) is -3.08. The molecule has 9 heteroatoms. The number of sulfone groups is 1. The van der Waals surface area contributed by atoms with E-state index in [1.165, 1.54) is 11.8 Å². The van der Waals surface area contributed by atoms with E-state index in [-0.39, 0.29) is 35.1 Å². The summed E-state index contributed by atoms with van der Waals surface area (Å²) >= 11 is 13.2. The molecule has 4 rings (SSSR count). The maximum atomic E-state index is 12.5. The highest BCUT2D eigenvalue weighted by Crippen LogP contribution is 2.39. The highest BCUT2D eigenvalue weighted by molar-refractivity contribution is 8.15. The van der Waals surface area contributed by atoms with Crippen molar-refractivity contribution in [3.8, 4) is 0 Å². The van der Waals surface area contributed by atoms with Crippen molar-refractivity contribution in [3.63, 3.8) is 0 Å². The summed E-state index contributed by atoms with van der Waals surface area (Å²) in [5, 5.41) is 1.73. The van der Waals surface area contributed by atoms with E-state index in [4.69, 9.17) is 23.2 Å². The molecular formula is C20H18Cl2N2O3S2. The number of thioether (sulfide) groups is 1. The predicted octanol–water partition coefficient (Wildman–Crippen LogP) is 3.83. The van der Waals surface area contributed by atoms with E-state index in [2.05, 4.69) is 4.99 Å². The minimum atomic E-state index is -3.08. The number of aliphatic imine (C=N–C) groups is 1. The molecular weight excluding hydrogens is 451 g/mol. The van der Waals surface area contributed by atoms with Crippen molar-refractivity contribution < 1.29 is 13.2 Å². The SMILES string of the molecule is O=C(Cc1ccc(Cl)cc1)N=C1S[C@@H]2CS(=O)(=O)C[C@@H]2N1Cc1ccc(Cl)cc1. The van der Waals surface area contributed by atoms with Gasteiger partial charge in [-0.15, -0.1) is 0 Å². The van der Waals surface area contributed by atoms with Gasteiger partial charge in [0.25, 0.3) is 5.91 Å². The molecule has 2 aliphatic heterocycles. The van der Waals surface area contributed by atoms with Gasteiger partial charge in [-0.25, -0.2) is 8.42 Å². The van der Waals surface area contributed by atoms with E-state index in [9.17, 15) is 13.2 Å². The van der Waals surface area contributed by atoms with Crippen LogP contribution >= 0.6 is 35.0 Å². The van der Waals surface area contributed by atoms with Gasteiger partial charge in [-0.3, -0.25) is 4.79 Å². The molecule has 2 aromatic carbocycles. The van der Waals surface area contributed by atoms with Crippen molar-refractivity contribution in [3.05, 3.63) is 69.7 Å². The van der Waals surface area contributed by atoms with Crippen molar-refractivity contribution in [2.24, 2.45) is 4.99 Å². The number of hydrogen-bond donors (Lipinski definition) is 0. The summed E-state index contributed by atoms with van der Waals surface area (Å²) in [6.07, 6.45) is 0.170. The number of benzene rings is 2. The molecule has 2 aromatic rings. The van der Waals surface area contributed by atoms with Crippen LogP contribution < -0.4 is 0 Å². The number of amides is 1. The van der Waals surface area contributed by atoms with Gasteiger partial charge in [-0.2, -0.15) is 4.99 Å². The lowest BCUT2D eigenvalue weighted by molar-refractivity contribution is -0.117. The summed E-state index contributed by atoms with van der Waals surface area (Å²) < 4.78 is 24.2. The topological polar surface area (TPSA) is 66.8 Å². The molecule has 0 saturated carbocycles. The Balaban J connectivity index is 1.56. The average Bonchev–Trinajstić information content (AvgIpc) is 3.11. The van der Waals surface area contributed by atoms with Gasteiger partial charge in [-0.1, -0.05) is 59.2 Å². The normalized spacial score (nSPS) is 24.1. The molecule has 0 unspecified atom stereocenters. The molecule has 2 aliphatic rings. The average molecular weight is 469 g/mol. The summed E-state index contributed by atoms with van der Waals surface area (Å²) in [5.41, 5.74) is 1.82. The monoisotopic (exact) mass is 468 g/mol. The van der Waals surface area contributed by atoms with Crippen LogP contribution in [0.1, 0.15) is 11.1 Å². The Morgan fingerprint density at radius 3 is 2.21 bits per heavy atom. The molecule has 0 radical (unpaired) electrons. The van der Waals surface area contributed by atoms with E-state index >= 15 is 0 Å². The minimum Gasteiger partial charge on any atom is -0.342 e. The lowest BCUT2D eigenvalue weighted by atomic mass is 10.1. The van der Waals surface area contributed by atoms with Crippen LogP contribution in [0.25, 0.3) is 0 Å². The maximum absolute atomic E-state index is 12.5. The number of carbonyl (C=O) groups excluding carboxylic acids is 1. The Morgan fingerprint density at radius 2 is 1.59 bits per heavy atom. The molecule has 29 heavy (non-hydrogen) atoms. The van der Waals surface area contributed by atoms with Crippen LogP contribution in [0.4, 0.5) is 0 Å². The van der Waals surface area contributed by atoms with Gasteiger partial charge >= 0.3 is 0 Å². The van der Waals surface area contributed by atoms with Crippen molar-refractivity contribution in [2.45, 2.75) is 24.3 Å². The van der Waals surface area contributed by atoms with Gasteiger partial charge in [-0.05, 0) is 35.4 Å². The van der Waals surface area contributed by atoms with Crippen molar-refractivity contribution >= 4 is 55.9 Å². The first-order chi connectivity index (χ1) is 13.8. The molecule has 2 atom stereocenters. The third kappa shape index (κ3) is 4.97. The van der Waals surface area contributed by atoms with Crippen LogP contribution in [0.3, 0.4) is 0 Å². The second-order valence-electron chi connectivity index (χ2n) is 7.15. The molecule has 2 fully saturated rings. The van der Waals surface area contributed by atoms with Crippen LogP contribution in [0.5, 0.6) is 0 Å². The summed E-state index contributed by atoms with van der Waals surface area (Å²) in [4.78, 5) is 18.8. The minimum absolute atomic E-state index is 0.0860. The second-order valence-corrected chi connectivity index (χ2v) is 11.4. The highest BCUT2D eigenvalue weighted by atomic mass is 35.5. The number of nitrogens with zero attached hydrogens (tertiary/aromatic N) is 2. The molecule has 2 heterocycles. The number of halogens is 2. The third-order valence-electron chi connectivity index (χ3n) is 4.93. The Bertz CT molecular complexity index is 1050. The Hall–Kier alpha value is -1.54. The van der Waals surface area contributed by atoms with Gasteiger partial charge in [0.15, 0.2) is 15.0 Å². The summed E-state index contributed by atoms with van der Waals surface area (Å²) in [6, 6.07) is 14.3. The predicted molar refractivity (Wildman–Crippen MR) is 118 cm³/mol. The van der Waals surface area contributed by atoms with Crippen molar-refractivity contribution in [1.29, 1.82) is 0 Å². The quantitative estimate of drug-likeness (QED) is 0.681. The number of fused-ring (bicyclic) bond motifs is 1. The lowest BCUT2D eigenvalue weighted by Gasteiger charge is -2.24. The Morgan fingerprint density at radius 1 is 1.00 bits per heavy atom. The van der Waals surface area contributed by atoms with Crippen LogP contribution in [-0.2, 0) is 27.6 Å². The summed E-state index contributed by atoms with van der Waals surface area (Å²) in [6.45, 7) is 0.480. The lowest BCUT2D eigenvalue weighted by Crippen LogP contribution is -2.37. The Kier molecular flexibility index (Phi) is 5.93. The highest BCUT2D eigenvalue weighted by Gasteiger charge is 2.48. The fourth-order valence-corrected chi connectivity index (χ4v) is 7.75. The van der Waals surface area contributed by atoms with Crippen molar-refractivity contribution in [2.75, 3.05) is 11.5 Å². The number of hydrogen-bond acceptors (Lipinski definition) is 4. The number of amidine groups is 1. The molecule has 0 N–H and O–H groups in total. The van der Waals surface area contributed by atoms with Crippen LogP contribution in [0.2, 0.25) is 10.0 Å².